The van der Waals surface area contributed by atoms with Gasteiger partial charge in [-0.05, 0) is 12.3 Å². The van der Waals surface area contributed by atoms with Crippen LogP contribution in [-0.4, -0.2) is 47.4 Å². The molecule has 1 aliphatic rings. The number of piperidine rings is 1. The number of carbonyl (C=O) groups is 1. The zero-order valence-corrected chi connectivity index (χ0v) is 10.6. The van der Waals surface area contributed by atoms with Gasteiger partial charge in [0.05, 0.1) is 6.10 Å². The standard InChI is InChI=1S/C12H18N2O4/c1-8-3-4-14(6-11(8)15)12(16)10-5-9(7-17-2)18-13-10/h5,8,11,15H,3-4,6-7H2,1-2H3. The van der Waals surface area contributed by atoms with Gasteiger partial charge in [-0.1, -0.05) is 12.1 Å². The third-order valence-electron chi connectivity index (χ3n) is 3.27. The molecule has 0 aliphatic carbocycles. The predicted octanol–water partition coefficient (Wildman–Crippen LogP) is 0.664. The van der Waals surface area contributed by atoms with Crippen LogP contribution < -0.4 is 0 Å². The van der Waals surface area contributed by atoms with Crippen LogP contribution in [0.5, 0.6) is 0 Å². The largest absolute Gasteiger partial charge is 0.391 e. The Morgan fingerprint density at radius 2 is 2.50 bits per heavy atom. The van der Waals surface area contributed by atoms with Crippen molar-refractivity contribution >= 4 is 5.91 Å². The van der Waals surface area contributed by atoms with E-state index in [-0.39, 0.29) is 17.5 Å². The van der Waals surface area contributed by atoms with Gasteiger partial charge in [-0.15, -0.1) is 0 Å². The fourth-order valence-corrected chi connectivity index (χ4v) is 2.02. The molecule has 1 aliphatic heterocycles. The summed E-state index contributed by atoms with van der Waals surface area (Å²) in [5.41, 5.74) is 0.267. The van der Waals surface area contributed by atoms with Gasteiger partial charge in [0.2, 0.25) is 0 Å². The minimum absolute atomic E-state index is 0.202. The van der Waals surface area contributed by atoms with Gasteiger partial charge in [0.25, 0.3) is 5.91 Å². The monoisotopic (exact) mass is 254 g/mol. The summed E-state index contributed by atoms with van der Waals surface area (Å²) in [6, 6.07) is 1.58. The maximum absolute atomic E-state index is 12.1. The van der Waals surface area contributed by atoms with E-state index in [0.717, 1.165) is 6.42 Å². The van der Waals surface area contributed by atoms with Crippen LogP contribution in [0.1, 0.15) is 29.6 Å². The minimum Gasteiger partial charge on any atom is -0.391 e. The van der Waals surface area contributed by atoms with Crippen LogP contribution in [0.15, 0.2) is 10.6 Å². The van der Waals surface area contributed by atoms with E-state index in [9.17, 15) is 9.90 Å². The van der Waals surface area contributed by atoms with Gasteiger partial charge in [-0.25, -0.2) is 0 Å². The third-order valence-corrected chi connectivity index (χ3v) is 3.27. The maximum Gasteiger partial charge on any atom is 0.276 e. The Labute approximate surface area is 106 Å². The van der Waals surface area contributed by atoms with Crippen molar-refractivity contribution in [3.8, 4) is 0 Å². The van der Waals surface area contributed by atoms with Crippen molar-refractivity contribution < 1.29 is 19.2 Å². The molecule has 1 fully saturated rings. The lowest BCUT2D eigenvalue weighted by atomic mass is 9.96. The minimum atomic E-state index is -0.465. The molecule has 1 saturated heterocycles. The molecule has 1 aromatic rings. The summed E-state index contributed by atoms with van der Waals surface area (Å²) in [5, 5.41) is 13.5. The SMILES string of the molecule is COCc1cc(C(=O)N2CCC(C)C(O)C2)no1. The normalized spacial score (nSPS) is 24.3. The van der Waals surface area contributed by atoms with Crippen LogP contribution in [-0.2, 0) is 11.3 Å². The second-order valence-electron chi connectivity index (χ2n) is 4.70. The van der Waals surface area contributed by atoms with Crippen molar-refractivity contribution in [2.45, 2.75) is 26.1 Å². The Balaban J connectivity index is 2.02. The molecule has 6 heteroatoms. The highest BCUT2D eigenvalue weighted by Crippen LogP contribution is 2.19. The van der Waals surface area contributed by atoms with Gasteiger partial charge in [0.1, 0.15) is 6.61 Å². The number of nitrogens with zero attached hydrogens (tertiary/aromatic N) is 2. The number of methoxy groups -OCH3 is 1. The third kappa shape index (κ3) is 2.70. The molecular formula is C12H18N2O4. The molecule has 0 radical (unpaired) electrons. The molecule has 1 N–H and O–H groups in total. The molecule has 6 nitrogen and oxygen atoms in total. The maximum atomic E-state index is 12.1. The van der Waals surface area contributed by atoms with Crippen LogP contribution in [0.3, 0.4) is 0 Å². The quantitative estimate of drug-likeness (QED) is 0.857. The lowest BCUT2D eigenvalue weighted by molar-refractivity contribution is 0.0243. The van der Waals surface area contributed by atoms with Crippen molar-refractivity contribution in [1.29, 1.82) is 0 Å². The summed E-state index contributed by atoms with van der Waals surface area (Å²) < 4.78 is 9.88. The highest BCUT2D eigenvalue weighted by Gasteiger charge is 2.29. The predicted molar refractivity (Wildman–Crippen MR) is 62.9 cm³/mol. The average molecular weight is 254 g/mol. The van der Waals surface area contributed by atoms with Gasteiger partial charge >= 0.3 is 0 Å². The molecule has 2 heterocycles. The Morgan fingerprint density at radius 1 is 1.72 bits per heavy atom. The fraction of sp³-hybridized carbons (Fsp3) is 0.667. The molecule has 2 unspecified atom stereocenters. The van der Waals surface area contributed by atoms with Gasteiger partial charge in [0.15, 0.2) is 11.5 Å². The highest BCUT2D eigenvalue weighted by molar-refractivity contribution is 5.92. The number of ether oxygens (including phenoxy) is 1. The summed E-state index contributed by atoms with van der Waals surface area (Å²) in [5.74, 6) is 0.550. The van der Waals surface area contributed by atoms with Crippen LogP contribution in [0, 0.1) is 5.92 Å². The number of β-amino-alcohol motifs (C(OH)–C–C–N with tert-alkyl or cyclic N) is 1. The van der Waals surface area contributed by atoms with E-state index in [4.69, 9.17) is 9.26 Å². The summed E-state index contributed by atoms with van der Waals surface area (Å²) in [4.78, 5) is 13.7. The topological polar surface area (TPSA) is 75.8 Å². The first-order chi connectivity index (χ1) is 8.61. The number of aliphatic hydroxyl groups excluding tert-OH is 1. The first-order valence-corrected chi connectivity index (χ1v) is 6.03. The number of hydrogen-bond donors (Lipinski definition) is 1. The highest BCUT2D eigenvalue weighted by atomic mass is 16.5. The van der Waals surface area contributed by atoms with Crippen molar-refractivity contribution in [2.24, 2.45) is 5.92 Å². The van der Waals surface area contributed by atoms with Crippen molar-refractivity contribution in [3.05, 3.63) is 17.5 Å². The molecule has 2 atom stereocenters. The molecule has 0 saturated carbocycles. The van der Waals surface area contributed by atoms with E-state index in [1.54, 1.807) is 18.1 Å². The molecule has 2 rings (SSSR count). The van der Waals surface area contributed by atoms with Crippen molar-refractivity contribution in [1.82, 2.24) is 10.1 Å². The summed E-state index contributed by atoms with van der Waals surface area (Å²) in [6.07, 6.45) is 0.337. The lowest BCUT2D eigenvalue weighted by Crippen LogP contribution is -2.45. The van der Waals surface area contributed by atoms with Crippen LogP contribution in [0.2, 0.25) is 0 Å². The molecule has 0 bridgehead atoms. The summed E-state index contributed by atoms with van der Waals surface area (Å²) in [7, 11) is 1.55. The van der Waals surface area contributed by atoms with E-state index in [0.29, 0.717) is 25.5 Å². The number of amides is 1. The zero-order chi connectivity index (χ0) is 13.1. The molecule has 1 aromatic heterocycles. The Kier molecular flexibility index (Phi) is 3.98. The molecular weight excluding hydrogens is 236 g/mol. The Hall–Kier alpha value is -1.40. The number of hydrogen-bond acceptors (Lipinski definition) is 5. The van der Waals surface area contributed by atoms with Gasteiger partial charge in [-0.2, -0.15) is 0 Å². The number of aliphatic hydroxyl groups is 1. The van der Waals surface area contributed by atoms with Crippen LogP contribution >= 0.6 is 0 Å². The van der Waals surface area contributed by atoms with Crippen LogP contribution in [0.25, 0.3) is 0 Å². The molecule has 0 spiro atoms. The summed E-state index contributed by atoms with van der Waals surface area (Å²) >= 11 is 0. The van der Waals surface area contributed by atoms with E-state index in [2.05, 4.69) is 5.16 Å². The number of rotatable bonds is 3. The second-order valence-corrected chi connectivity index (χ2v) is 4.70. The number of carbonyl (C=O) groups excluding carboxylic acids is 1. The molecule has 18 heavy (non-hydrogen) atoms. The van der Waals surface area contributed by atoms with Crippen molar-refractivity contribution in [3.63, 3.8) is 0 Å². The lowest BCUT2D eigenvalue weighted by Gasteiger charge is -2.33. The van der Waals surface area contributed by atoms with E-state index in [1.807, 2.05) is 6.92 Å². The smallest absolute Gasteiger partial charge is 0.276 e. The fourth-order valence-electron chi connectivity index (χ4n) is 2.02. The van der Waals surface area contributed by atoms with E-state index < -0.39 is 6.10 Å². The molecule has 0 aromatic carbocycles. The first kappa shape index (κ1) is 13.0. The van der Waals surface area contributed by atoms with Gasteiger partial charge in [-0.3, -0.25) is 4.79 Å². The Morgan fingerprint density at radius 3 is 3.17 bits per heavy atom. The summed E-state index contributed by atoms with van der Waals surface area (Å²) in [6.45, 7) is 3.27. The molecule has 1 amide bonds. The van der Waals surface area contributed by atoms with E-state index >= 15 is 0 Å². The average Bonchev–Trinajstić information content (AvgIpc) is 2.81. The zero-order valence-electron chi connectivity index (χ0n) is 10.6. The first-order valence-electron chi connectivity index (χ1n) is 6.03. The number of aromatic nitrogens is 1. The van der Waals surface area contributed by atoms with Gasteiger partial charge in [0, 0.05) is 26.3 Å². The Bertz CT molecular complexity index is 418. The number of likely N-dealkylation sites (tertiary alicyclic amines) is 1. The van der Waals surface area contributed by atoms with Crippen molar-refractivity contribution in [2.75, 3.05) is 20.2 Å². The van der Waals surface area contributed by atoms with Gasteiger partial charge < -0.3 is 19.3 Å². The molecule has 100 valence electrons. The van der Waals surface area contributed by atoms with E-state index in [1.165, 1.54) is 0 Å². The van der Waals surface area contributed by atoms with Crippen LogP contribution in [0.4, 0.5) is 0 Å². The second kappa shape index (κ2) is 5.49.